The minimum atomic E-state index is -0.629. The number of carbonyl (C=O) groups is 1. The highest BCUT2D eigenvalue weighted by Gasteiger charge is 2.21. The molecule has 0 radical (unpaired) electrons. The van der Waals surface area contributed by atoms with Crippen LogP contribution in [0.1, 0.15) is 9.67 Å². The van der Waals surface area contributed by atoms with Gasteiger partial charge in [0.2, 0.25) is 0 Å². The smallest absolute Gasteiger partial charge is 0.318 e. The summed E-state index contributed by atoms with van der Waals surface area (Å²) in [6.45, 7) is 0.102. The van der Waals surface area contributed by atoms with Crippen molar-refractivity contribution in [3.8, 4) is 17.3 Å². The molecule has 0 aliphatic carbocycles. The quantitative estimate of drug-likeness (QED) is 0.555. The zero-order valence-electron chi connectivity index (χ0n) is 13.5. The van der Waals surface area contributed by atoms with Crippen LogP contribution in [-0.2, 0) is 0 Å². The van der Waals surface area contributed by atoms with Gasteiger partial charge in [-0.15, -0.1) is 11.3 Å². The molecule has 2 aromatic heterocycles. The first-order valence-corrected chi connectivity index (χ1v) is 8.75. The van der Waals surface area contributed by atoms with Gasteiger partial charge < -0.3 is 21.3 Å². The number of thiophene rings is 1. The van der Waals surface area contributed by atoms with Gasteiger partial charge in [-0.3, -0.25) is 4.79 Å². The molecule has 0 spiro atoms. The zero-order valence-corrected chi connectivity index (χ0v) is 15.0. The Morgan fingerprint density at radius 3 is 2.85 bits per heavy atom. The molecule has 3 aromatic rings. The van der Waals surface area contributed by atoms with Crippen molar-refractivity contribution in [2.24, 2.45) is 5.73 Å². The highest BCUT2D eigenvalue weighted by atomic mass is 35.5. The Bertz CT molecular complexity index is 1000. The molecule has 2 heterocycles. The maximum atomic E-state index is 11.6. The molecule has 0 fully saturated rings. The number of hydrogen-bond acceptors (Lipinski definition) is 7. The molecule has 0 saturated heterocycles. The van der Waals surface area contributed by atoms with Crippen LogP contribution in [0.4, 0.5) is 5.69 Å². The van der Waals surface area contributed by atoms with Gasteiger partial charge in [0.1, 0.15) is 16.3 Å². The van der Waals surface area contributed by atoms with Gasteiger partial charge in [0.05, 0.1) is 23.4 Å². The Morgan fingerprint density at radius 1 is 1.35 bits per heavy atom. The summed E-state index contributed by atoms with van der Waals surface area (Å²) in [7, 11) is 0. The predicted octanol–water partition coefficient (Wildman–Crippen LogP) is 2.62. The first-order chi connectivity index (χ1) is 12.5. The number of anilines is 1. The molecule has 3 rings (SSSR count). The van der Waals surface area contributed by atoms with Crippen LogP contribution in [0.5, 0.6) is 6.01 Å². The topological polar surface area (TPSA) is 124 Å². The van der Waals surface area contributed by atoms with E-state index in [4.69, 9.17) is 32.9 Å². The van der Waals surface area contributed by atoms with Crippen LogP contribution in [0.25, 0.3) is 21.5 Å². The van der Waals surface area contributed by atoms with Crippen LogP contribution in [0.15, 0.2) is 36.4 Å². The first kappa shape index (κ1) is 18.1. The van der Waals surface area contributed by atoms with Gasteiger partial charge in [-0.2, -0.15) is 9.97 Å². The Labute approximate surface area is 157 Å². The van der Waals surface area contributed by atoms with Gasteiger partial charge in [-0.05, 0) is 18.2 Å². The van der Waals surface area contributed by atoms with Crippen LogP contribution in [0.2, 0.25) is 5.02 Å². The SMILES string of the molecule is NC(=O)c1sc2nc(OCC=CCO)nc(-c3cccc(Cl)c3)c2c1N. The highest BCUT2D eigenvalue weighted by molar-refractivity contribution is 7.21. The Kier molecular flexibility index (Phi) is 5.36. The monoisotopic (exact) mass is 390 g/mol. The lowest BCUT2D eigenvalue weighted by molar-refractivity contribution is 0.100. The average Bonchev–Trinajstić information content (AvgIpc) is 2.95. The molecular formula is C17H15ClN4O3S. The molecule has 0 atom stereocenters. The van der Waals surface area contributed by atoms with Crippen molar-refractivity contribution in [2.45, 2.75) is 0 Å². The number of amides is 1. The summed E-state index contributed by atoms with van der Waals surface area (Å²) in [6.07, 6.45) is 3.19. The minimum absolute atomic E-state index is 0.0829. The number of fused-ring (bicyclic) bond motifs is 1. The van der Waals surface area contributed by atoms with E-state index >= 15 is 0 Å². The normalized spacial score (nSPS) is 11.3. The number of aliphatic hydroxyl groups excluding tert-OH is 1. The standard InChI is InChI=1S/C17H15ClN4O3S/c18-10-5-3-4-9(8-10)13-11-12(19)14(15(20)24)26-16(11)22-17(21-13)25-7-2-1-6-23/h1-5,8,23H,6-7,19H2,(H2,20,24). The van der Waals surface area contributed by atoms with Crippen LogP contribution in [-0.4, -0.2) is 34.2 Å². The predicted molar refractivity (Wildman–Crippen MR) is 103 cm³/mol. The fourth-order valence-corrected chi connectivity index (χ4v) is 3.49. The lowest BCUT2D eigenvalue weighted by Gasteiger charge is -2.08. The van der Waals surface area contributed by atoms with Crippen LogP contribution < -0.4 is 16.2 Å². The van der Waals surface area contributed by atoms with E-state index in [0.717, 1.165) is 11.3 Å². The van der Waals surface area contributed by atoms with Gasteiger partial charge in [0, 0.05) is 10.6 Å². The van der Waals surface area contributed by atoms with E-state index in [2.05, 4.69) is 9.97 Å². The number of hydrogen-bond donors (Lipinski definition) is 3. The molecule has 7 nitrogen and oxygen atoms in total. The van der Waals surface area contributed by atoms with Crippen molar-refractivity contribution in [3.63, 3.8) is 0 Å². The third kappa shape index (κ3) is 3.62. The van der Waals surface area contributed by atoms with E-state index in [-0.39, 0.29) is 29.8 Å². The Morgan fingerprint density at radius 2 is 2.15 bits per heavy atom. The molecule has 9 heteroatoms. The van der Waals surface area contributed by atoms with Gasteiger partial charge in [-0.25, -0.2) is 0 Å². The number of carbonyl (C=O) groups excluding carboxylic acids is 1. The van der Waals surface area contributed by atoms with Crippen molar-refractivity contribution in [1.29, 1.82) is 0 Å². The van der Waals surface area contributed by atoms with E-state index in [9.17, 15) is 4.79 Å². The molecule has 0 unspecified atom stereocenters. The van der Waals surface area contributed by atoms with E-state index in [1.165, 1.54) is 0 Å². The number of rotatable bonds is 6. The molecular weight excluding hydrogens is 376 g/mol. The van der Waals surface area contributed by atoms with Gasteiger partial charge in [-0.1, -0.05) is 29.8 Å². The molecule has 0 aliphatic heterocycles. The van der Waals surface area contributed by atoms with Crippen molar-refractivity contribution in [1.82, 2.24) is 9.97 Å². The van der Waals surface area contributed by atoms with Gasteiger partial charge in [0.15, 0.2) is 0 Å². The number of benzene rings is 1. The molecule has 0 bridgehead atoms. The number of nitrogens with zero attached hydrogens (tertiary/aromatic N) is 2. The number of nitrogen functional groups attached to an aromatic ring is 1. The number of ether oxygens (including phenoxy) is 1. The third-order valence-electron chi connectivity index (χ3n) is 3.47. The van der Waals surface area contributed by atoms with Crippen molar-refractivity contribution in [3.05, 3.63) is 46.3 Å². The summed E-state index contributed by atoms with van der Waals surface area (Å²) < 4.78 is 5.51. The van der Waals surface area contributed by atoms with Crippen molar-refractivity contribution >= 4 is 44.7 Å². The van der Waals surface area contributed by atoms with Gasteiger partial charge >= 0.3 is 6.01 Å². The fourth-order valence-electron chi connectivity index (χ4n) is 2.36. The number of halogens is 1. The summed E-state index contributed by atoms with van der Waals surface area (Å²) in [5.41, 5.74) is 13.0. The summed E-state index contributed by atoms with van der Waals surface area (Å²) >= 11 is 7.17. The largest absolute Gasteiger partial charge is 0.459 e. The van der Waals surface area contributed by atoms with E-state index in [1.54, 1.807) is 30.4 Å². The third-order valence-corrected chi connectivity index (χ3v) is 4.82. The highest BCUT2D eigenvalue weighted by Crippen LogP contribution is 2.39. The lowest BCUT2D eigenvalue weighted by atomic mass is 10.1. The summed E-state index contributed by atoms with van der Waals surface area (Å²) in [5, 5.41) is 9.83. The van der Waals surface area contributed by atoms with E-state index < -0.39 is 5.91 Å². The molecule has 0 aliphatic rings. The van der Waals surface area contributed by atoms with Crippen LogP contribution >= 0.6 is 22.9 Å². The Balaban J connectivity index is 2.17. The van der Waals surface area contributed by atoms with Crippen LogP contribution in [0, 0.1) is 0 Å². The van der Waals surface area contributed by atoms with E-state index in [0.29, 0.717) is 26.5 Å². The number of aromatic nitrogens is 2. The number of nitrogens with two attached hydrogens (primary N) is 2. The summed E-state index contributed by atoms with van der Waals surface area (Å²) in [4.78, 5) is 21.1. The van der Waals surface area contributed by atoms with Crippen LogP contribution in [0.3, 0.4) is 0 Å². The molecule has 0 saturated carbocycles. The maximum Gasteiger partial charge on any atom is 0.318 e. The minimum Gasteiger partial charge on any atom is -0.459 e. The first-order valence-electron chi connectivity index (χ1n) is 7.55. The maximum absolute atomic E-state index is 11.6. The molecule has 26 heavy (non-hydrogen) atoms. The summed E-state index contributed by atoms with van der Waals surface area (Å²) in [6, 6.07) is 7.21. The second-order valence-electron chi connectivity index (χ2n) is 5.22. The lowest BCUT2D eigenvalue weighted by Crippen LogP contribution is -2.10. The average molecular weight is 391 g/mol. The number of aliphatic hydroxyl groups is 1. The van der Waals surface area contributed by atoms with E-state index in [1.807, 2.05) is 6.07 Å². The fraction of sp³-hybridized carbons (Fsp3) is 0.118. The Hall–Kier alpha value is -2.68. The number of primary amides is 1. The second-order valence-corrected chi connectivity index (χ2v) is 6.65. The molecule has 1 aromatic carbocycles. The second kappa shape index (κ2) is 7.69. The summed E-state index contributed by atoms with van der Waals surface area (Å²) in [5.74, 6) is -0.629. The molecule has 5 N–H and O–H groups in total. The molecule has 1 amide bonds. The van der Waals surface area contributed by atoms with Crippen molar-refractivity contribution < 1.29 is 14.6 Å². The molecule has 134 valence electrons. The van der Waals surface area contributed by atoms with Gasteiger partial charge in [0.25, 0.3) is 5.91 Å². The van der Waals surface area contributed by atoms with Crippen molar-refractivity contribution in [2.75, 3.05) is 18.9 Å². The zero-order chi connectivity index (χ0) is 18.7.